The van der Waals surface area contributed by atoms with Gasteiger partial charge in [-0.25, -0.2) is 9.48 Å². The Morgan fingerprint density at radius 1 is 1.14 bits per heavy atom. The molecule has 2 aromatic rings. The molecule has 0 atom stereocenters. The SMILES string of the molecule is N#Cc1cc(C#N)cc(-n2nc(C(F)(F)F)cc2C(=O)O)c1. The molecule has 0 aliphatic carbocycles. The van der Waals surface area contributed by atoms with Crippen LogP contribution in [0.5, 0.6) is 0 Å². The number of carbonyl (C=O) groups is 1. The first kappa shape index (κ1) is 15.1. The average Bonchev–Trinajstić information content (AvgIpc) is 2.92. The van der Waals surface area contributed by atoms with Crippen LogP contribution in [0.15, 0.2) is 24.3 Å². The van der Waals surface area contributed by atoms with Gasteiger partial charge in [-0.2, -0.15) is 28.8 Å². The molecule has 9 heteroatoms. The maximum absolute atomic E-state index is 12.7. The van der Waals surface area contributed by atoms with Crippen molar-refractivity contribution in [3.05, 3.63) is 46.8 Å². The van der Waals surface area contributed by atoms with Gasteiger partial charge in [0.05, 0.1) is 29.0 Å². The molecular formula is C13H5F3N4O2. The third-order valence-corrected chi connectivity index (χ3v) is 2.64. The molecule has 0 saturated carbocycles. The molecule has 1 heterocycles. The lowest BCUT2D eigenvalue weighted by atomic mass is 10.1. The van der Waals surface area contributed by atoms with Gasteiger partial charge in [0.2, 0.25) is 0 Å². The minimum Gasteiger partial charge on any atom is -0.477 e. The number of alkyl halides is 3. The molecule has 0 amide bonds. The molecule has 0 bridgehead atoms. The second-order valence-corrected chi connectivity index (χ2v) is 4.12. The first-order valence-corrected chi connectivity index (χ1v) is 5.62. The number of hydrogen-bond donors (Lipinski definition) is 1. The number of rotatable bonds is 2. The van der Waals surface area contributed by atoms with Gasteiger partial charge < -0.3 is 5.11 Å². The van der Waals surface area contributed by atoms with E-state index in [9.17, 15) is 18.0 Å². The zero-order valence-corrected chi connectivity index (χ0v) is 10.6. The highest BCUT2D eigenvalue weighted by molar-refractivity contribution is 5.86. The zero-order chi connectivity index (χ0) is 16.5. The second-order valence-electron chi connectivity index (χ2n) is 4.12. The molecule has 1 aromatic heterocycles. The molecule has 22 heavy (non-hydrogen) atoms. The highest BCUT2D eigenvalue weighted by Crippen LogP contribution is 2.29. The fourth-order valence-electron chi connectivity index (χ4n) is 1.73. The summed E-state index contributed by atoms with van der Waals surface area (Å²) < 4.78 is 38.6. The average molecular weight is 306 g/mol. The Hall–Kier alpha value is -3.33. The van der Waals surface area contributed by atoms with Crippen LogP contribution in [0.3, 0.4) is 0 Å². The van der Waals surface area contributed by atoms with Gasteiger partial charge in [-0.1, -0.05) is 0 Å². The number of halogens is 3. The van der Waals surface area contributed by atoms with Crippen LogP contribution in [0.1, 0.15) is 27.3 Å². The minimum absolute atomic E-state index is 0.00514. The first-order chi connectivity index (χ1) is 10.3. The maximum Gasteiger partial charge on any atom is 0.435 e. The number of nitrogens with zero attached hydrogens (tertiary/aromatic N) is 4. The van der Waals surface area contributed by atoms with E-state index in [0.29, 0.717) is 10.7 Å². The Balaban J connectivity index is 2.72. The summed E-state index contributed by atoms with van der Waals surface area (Å²) in [6.07, 6.45) is -4.82. The molecule has 0 fully saturated rings. The van der Waals surface area contributed by atoms with E-state index >= 15 is 0 Å². The summed E-state index contributed by atoms with van der Waals surface area (Å²) in [6.45, 7) is 0. The van der Waals surface area contributed by atoms with Crippen molar-refractivity contribution in [3.63, 3.8) is 0 Å². The Bertz CT molecular complexity index is 808. The highest BCUT2D eigenvalue weighted by atomic mass is 19.4. The largest absolute Gasteiger partial charge is 0.477 e. The lowest BCUT2D eigenvalue weighted by Gasteiger charge is -2.06. The van der Waals surface area contributed by atoms with E-state index in [1.807, 2.05) is 0 Å². The van der Waals surface area contributed by atoms with Gasteiger partial charge in [0.1, 0.15) is 0 Å². The molecule has 0 aliphatic rings. The lowest BCUT2D eigenvalue weighted by molar-refractivity contribution is -0.141. The molecular weight excluding hydrogens is 301 g/mol. The summed E-state index contributed by atoms with van der Waals surface area (Å²) in [5.41, 5.74) is -2.25. The normalized spacial score (nSPS) is 10.8. The summed E-state index contributed by atoms with van der Waals surface area (Å²) in [5.74, 6) is -1.62. The molecule has 0 spiro atoms. The third-order valence-electron chi connectivity index (χ3n) is 2.64. The Morgan fingerprint density at radius 2 is 1.68 bits per heavy atom. The van der Waals surface area contributed by atoms with Crippen molar-refractivity contribution < 1.29 is 23.1 Å². The topological polar surface area (TPSA) is 103 Å². The van der Waals surface area contributed by atoms with Crippen molar-refractivity contribution in [2.24, 2.45) is 0 Å². The maximum atomic E-state index is 12.7. The highest BCUT2D eigenvalue weighted by Gasteiger charge is 2.36. The molecule has 2 rings (SSSR count). The molecule has 0 unspecified atom stereocenters. The quantitative estimate of drug-likeness (QED) is 0.917. The number of hydrogen-bond acceptors (Lipinski definition) is 4. The lowest BCUT2D eigenvalue weighted by Crippen LogP contribution is -2.09. The number of benzene rings is 1. The van der Waals surface area contributed by atoms with Crippen LogP contribution >= 0.6 is 0 Å². The number of carboxylic acid groups (broad SMARTS) is 1. The van der Waals surface area contributed by atoms with Crippen LogP contribution in [-0.2, 0) is 6.18 Å². The van der Waals surface area contributed by atoms with Gasteiger partial charge in [0.25, 0.3) is 0 Å². The van der Waals surface area contributed by atoms with E-state index in [0.717, 1.165) is 12.1 Å². The van der Waals surface area contributed by atoms with Gasteiger partial charge in [-0.3, -0.25) is 0 Å². The van der Waals surface area contributed by atoms with Crippen LogP contribution in [0.4, 0.5) is 13.2 Å². The van der Waals surface area contributed by atoms with E-state index in [1.165, 1.54) is 6.07 Å². The summed E-state index contributed by atoms with van der Waals surface area (Å²) >= 11 is 0. The molecule has 0 aliphatic heterocycles. The zero-order valence-electron chi connectivity index (χ0n) is 10.6. The molecule has 1 N–H and O–H groups in total. The summed E-state index contributed by atoms with van der Waals surface area (Å²) in [5, 5.41) is 29.9. The third kappa shape index (κ3) is 2.74. The number of aromatic nitrogens is 2. The van der Waals surface area contributed by atoms with Crippen molar-refractivity contribution in [1.82, 2.24) is 9.78 Å². The van der Waals surface area contributed by atoms with Gasteiger partial charge in [-0.05, 0) is 18.2 Å². The van der Waals surface area contributed by atoms with Crippen molar-refractivity contribution >= 4 is 5.97 Å². The molecule has 1 aromatic carbocycles. The van der Waals surface area contributed by atoms with Crippen molar-refractivity contribution in [1.29, 1.82) is 10.5 Å². The second kappa shape index (κ2) is 5.22. The van der Waals surface area contributed by atoms with Crippen molar-refractivity contribution in [2.75, 3.05) is 0 Å². The standard InChI is InChI=1S/C13H5F3N4O2/c14-13(15,16)11-4-10(12(21)22)20(19-11)9-2-7(5-17)1-8(3-9)6-18/h1-4H,(H,21,22). The predicted octanol–water partition coefficient (Wildman–Crippen LogP) is 2.33. The summed E-state index contributed by atoms with van der Waals surface area (Å²) in [7, 11) is 0. The van der Waals surface area contributed by atoms with Crippen LogP contribution in [-0.4, -0.2) is 20.9 Å². The van der Waals surface area contributed by atoms with E-state index in [4.69, 9.17) is 15.6 Å². The van der Waals surface area contributed by atoms with Crippen LogP contribution in [0.25, 0.3) is 5.69 Å². The van der Waals surface area contributed by atoms with E-state index < -0.39 is 23.5 Å². The summed E-state index contributed by atoms with van der Waals surface area (Å²) in [4.78, 5) is 11.1. The smallest absolute Gasteiger partial charge is 0.435 e. The first-order valence-electron chi connectivity index (χ1n) is 5.62. The van der Waals surface area contributed by atoms with Gasteiger partial charge in [0, 0.05) is 6.07 Å². The van der Waals surface area contributed by atoms with E-state index in [2.05, 4.69) is 5.10 Å². The molecule has 6 nitrogen and oxygen atoms in total. The van der Waals surface area contributed by atoms with E-state index in [1.54, 1.807) is 12.1 Å². The van der Waals surface area contributed by atoms with Gasteiger partial charge >= 0.3 is 12.1 Å². The minimum atomic E-state index is -4.82. The Morgan fingerprint density at radius 3 is 2.09 bits per heavy atom. The Kier molecular flexibility index (Phi) is 3.57. The van der Waals surface area contributed by atoms with Gasteiger partial charge in [-0.15, -0.1) is 0 Å². The molecule has 110 valence electrons. The van der Waals surface area contributed by atoms with E-state index in [-0.39, 0.29) is 16.8 Å². The summed E-state index contributed by atoms with van der Waals surface area (Å²) in [6, 6.07) is 7.35. The Labute approximate surface area is 121 Å². The van der Waals surface area contributed by atoms with Crippen LogP contribution < -0.4 is 0 Å². The fraction of sp³-hybridized carbons (Fsp3) is 0.0769. The van der Waals surface area contributed by atoms with Gasteiger partial charge in [0.15, 0.2) is 11.4 Å². The molecule has 0 radical (unpaired) electrons. The van der Waals surface area contributed by atoms with Crippen molar-refractivity contribution in [2.45, 2.75) is 6.18 Å². The number of carboxylic acids is 1. The van der Waals surface area contributed by atoms with Crippen LogP contribution in [0.2, 0.25) is 0 Å². The van der Waals surface area contributed by atoms with Crippen molar-refractivity contribution in [3.8, 4) is 17.8 Å². The fourth-order valence-corrected chi connectivity index (χ4v) is 1.73. The number of aromatic carboxylic acids is 1. The number of nitriles is 2. The predicted molar refractivity (Wildman–Crippen MR) is 65.0 cm³/mol. The molecule has 0 saturated heterocycles. The van der Waals surface area contributed by atoms with Crippen LogP contribution in [0, 0.1) is 22.7 Å². The monoisotopic (exact) mass is 306 g/mol.